The third-order valence-electron chi connectivity index (χ3n) is 8.35. The lowest BCUT2D eigenvalue weighted by Crippen LogP contribution is -2.39. The molecular weight excluding hydrogens is 607 g/mol. The Balaban J connectivity index is 0.000000689. The quantitative estimate of drug-likeness (QED) is 0.179. The van der Waals surface area contributed by atoms with Crippen LogP contribution in [0.4, 0.5) is 4.39 Å². The summed E-state index contributed by atoms with van der Waals surface area (Å²) in [4.78, 5) is 25.9. The van der Waals surface area contributed by atoms with Gasteiger partial charge in [-0.1, -0.05) is 54.1 Å². The number of nitrogens with zero attached hydrogens (tertiary/aromatic N) is 3. The van der Waals surface area contributed by atoms with Gasteiger partial charge >= 0.3 is 5.97 Å². The number of benzene rings is 3. The molecule has 250 valence electrons. The zero-order valence-electron chi connectivity index (χ0n) is 28.0. The van der Waals surface area contributed by atoms with Gasteiger partial charge in [-0.3, -0.25) is 4.79 Å². The van der Waals surface area contributed by atoms with Gasteiger partial charge in [-0.15, -0.1) is 0 Å². The minimum Gasteiger partial charge on any atom is -0.489 e. The number of hydrogen-bond donors (Lipinski definition) is 2. The van der Waals surface area contributed by atoms with Crippen molar-refractivity contribution >= 4 is 29.0 Å². The number of carboxylic acids is 1. The number of hydrogen-bond acceptors (Lipinski definition) is 5. The minimum atomic E-state index is -1.02. The number of carboxylic acid groups (broad SMARTS) is 1. The van der Waals surface area contributed by atoms with E-state index in [1.54, 1.807) is 24.3 Å². The summed E-state index contributed by atoms with van der Waals surface area (Å²) < 4.78 is 24.1. The smallest absolute Gasteiger partial charge is 0.335 e. The molecule has 2 heterocycles. The van der Waals surface area contributed by atoms with Crippen molar-refractivity contribution in [2.45, 2.75) is 59.4 Å². The number of imidazole rings is 1. The summed E-state index contributed by atoms with van der Waals surface area (Å²) in [6.07, 6.45) is 11.1. The van der Waals surface area contributed by atoms with Gasteiger partial charge in [-0.2, -0.15) is 0 Å². The first-order valence-corrected chi connectivity index (χ1v) is 16.4. The van der Waals surface area contributed by atoms with Crippen molar-refractivity contribution in [2.75, 3.05) is 24.7 Å². The highest BCUT2D eigenvalue weighted by molar-refractivity contribution is 5.93. The molecule has 0 saturated carbocycles. The van der Waals surface area contributed by atoms with Gasteiger partial charge in [0.15, 0.2) is 5.82 Å². The number of aromatic nitrogens is 2. The van der Waals surface area contributed by atoms with E-state index in [0.717, 1.165) is 61.0 Å². The van der Waals surface area contributed by atoms with Crippen LogP contribution < -0.4 is 15.1 Å². The second-order valence-corrected chi connectivity index (χ2v) is 12.5. The van der Waals surface area contributed by atoms with Crippen molar-refractivity contribution < 1.29 is 23.8 Å². The number of aromatic carboxylic acids is 1. The molecule has 8 nitrogen and oxygen atoms in total. The molecule has 1 saturated heterocycles. The van der Waals surface area contributed by atoms with Crippen molar-refractivity contribution in [1.82, 2.24) is 15.0 Å². The molecule has 4 aromatic rings. The summed E-state index contributed by atoms with van der Waals surface area (Å²) in [6.45, 7) is 9.79. The molecule has 2 aliphatic rings. The molecular formula is C39H43FN4O4. The maximum atomic E-state index is 15.9. The molecule has 2 N–H and O–H groups in total. The minimum absolute atomic E-state index is 0.154. The van der Waals surface area contributed by atoms with Crippen LogP contribution in [0, 0.1) is 12.7 Å². The number of piperidine rings is 1. The number of carbonyl (C=O) groups excluding carboxylic acids is 1. The van der Waals surface area contributed by atoms with Crippen molar-refractivity contribution in [1.29, 1.82) is 0 Å². The van der Waals surface area contributed by atoms with Gasteiger partial charge in [0.05, 0.1) is 22.2 Å². The molecule has 1 aromatic heterocycles. The van der Waals surface area contributed by atoms with E-state index in [4.69, 9.17) is 9.72 Å². The number of carbonyl (C=O) groups is 2. The van der Waals surface area contributed by atoms with Gasteiger partial charge in [0.2, 0.25) is 6.41 Å². The van der Waals surface area contributed by atoms with E-state index < -0.39 is 11.8 Å². The standard InChI is InChI=1S/C35H34FN3O3.C4H9NO/c1-23-11-12-27(26-9-5-3-6-10-26)19-25(17-23)22-42-33-21-30(36)29(18-24(33)2)34-37-31-20-28(35(40)41)13-14-32(31)39(34)38-15-7-4-8-16-38;1-4(2)5-3-6/h3,5-6,9-14,17-18,20-21H,4,7-8,15-16,19,22H2,1-2H3,(H,40,41);3-4H,1-2H3,(H,5,6). The molecule has 1 aliphatic carbocycles. The number of allylic oxidation sites excluding steroid dienone is 5. The second-order valence-electron chi connectivity index (χ2n) is 12.5. The number of fused-ring (bicyclic) bond motifs is 1. The lowest BCUT2D eigenvalue weighted by atomic mass is 9.99. The Morgan fingerprint density at radius 3 is 2.46 bits per heavy atom. The predicted octanol–water partition coefficient (Wildman–Crippen LogP) is 7.85. The van der Waals surface area contributed by atoms with Crippen LogP contribution >= 0.6 is 0 Å². The van der Waals surface area contributed by atoms with Gasteiger partial charge in [-0.25, -0.2) is 18.8 Å². The lowest BCUT2D eigenvalue weighted by molar-refractivity contribution is -0.109. The largest absolute Gasteiger partial charge is 0.489 e. The summed E-state index contributed by atoms with van der Waals surface area (Å²) >= 11 is 0. The van der Waals surface area contributed by atoms with Gasteiger partial charge in [0.1, 0.15) is 18.2 Å². The van der Waals surface area contributed by atoms with E-state index >= 15 is 4.39 Å². The van der Waals surface area contributed by atoms with Gasteiger partial charge in [0.25, 0.3) is 0 Å². The lowest BCUT2D eigenvalue weighted by Gasteiger charge is -2.31. The van der Waals surface area contributed by atoms with E-state index in [9.17, 15) is 14.7 Å². The van der Waals surface area contributed by atoms with E-state index in [0.29, 0.717) is 35.7 Å². The summed E-state index contributed by atoms with van der Waals surface area (Å²) in [5.41, 5.74) is 7.24. The molecule has 9 heteroatoms. The predicted molar refractivity (Wildman–Crippen MR) is 189 cm³/mol. The van der Waals surface area contributed by atoms with Crippen LogP contribution in [0.2, 0.25) is 0 Å². The van der Waals surface area contributed by atoms with Crippen LogP contribution in [0.5, 0.6) is 5.75 Å². The zero-order valence-corrected chi connectivity index (χ0v) is 28.0. The molecule has 3 aromatic carbocycles. The molecule has 0 spiro atoms. The summed E-state index contributed by atoms with van der Waals surface area (Å²) in [5.74, 6) is -0.498. The van der Waals surface area contributed by atoms with Gasteiger partial charge in [0, 0.05) is 25.2 Å². The normalized spacial score (nSPS) is 14.7. The Morgan fingerprint density at radius 1 is 1.04 bits per heavy atom. The summed E-state index contributed by atoms with van der Waals surface area (Å²) in [5, 5.41) is 14.2. The first kappa shape index (κ1) is 34.2. The molecule has 0 unspecified atom stereocenters. The topological polar surface area (TPSA) is 96.7 Å². The van der Waals surface area contributed by atoms with Crippen molar-refractivity contribution in [3.8, 4) is 17.1 Å². The average molecular weight is 651 g/mol. The van der Waals surface area contributed by atoms with Gasteiger partial charge in [-0.05, 0) is 99.9 Å². The van der Waals surface area contributed by atoms with Crippen LogP contribution in [0.3, 0.4) is 0 Å². The highest BCUT2D eigenvalue weighted by Gasteiger charge is 2.24. The Morgan fingerprint density at radius 2 is 1.79 bits per heavy atom. The fourth-order valence-corrected chi connectivity index (χ4v) is 5.94. The molecule has 1 fully saturated rings. The first-order valence-electron chi connectivity index (χ1n) is 16.4. The van der Waals surface area contributed by atoms with Crippen LogP contribution in [-0.4, -0.2) is 52.9 Å². The highest BCUT2D eigenvalue weighted by atomic mass is 19.1. The third-order valence-corrected chi connectivity index (χ3v) is 8.35. The first-order chi connectivity index (χ1) is 23.1. The number of nitrogens with one attached hydrogen (secondary N) is 1. The number of ether oxygens (including phenoxy) is 1. The summed E-state index contributed by atoms with van der Waals surface area (Å²) in [6, 6.07) is 18.7. The molecule has 0 bridgehead atoms. The second kappa shape index (κ2) is 15.6. The maximum absolute atomic E-state index is 15.9. The Hall–Kier alpha value is -5.18. The highest BCUT2D eigenvalue weighted by Crippen LogP contribution is 2.34. The van der Waals surface area contributed by atoms with Crippen LogP contribution in [0.1, 0.15) is 67.9 Å². The number of amides is 1. The van der Waals surface area contributed by atoms with Gasteiger partial charge < -0.3 is 20.2 Å². The Bertz CT molecular complexity index is 1870. The fourth-order valence-electron chi connectivity index (χ4n) is 5.94. The van der Waals surface area contributed by atoms with Crippen LogP contribution in [-0.2, 0) is 4.79 Å². The third kappa shape index (κ3) is 8.20. The van der Waals surface area contributed by atoms with Crippen LogP contribution in [0.25, 0.3) is 28.0 Å². The molecule has 0 radical (unpaired) electrons. The van der Waals surface area contributed by atoms with Crippen molar-refractivity contribution in [2.24, 2.45) is 0 Å². The van der Waals surface area contributed by atoms with E-state index in [1.165, 1.54) is 17.2 Å². The maximum Gasteiger partial charge on any atom is 0.335 e. The Labute approximate surface area is 281 Å². The average Bonchev–Trinajstić information content (AvgIpc) is 3.35. The van der Waals surface area contributed by atoms with Crippen molar-refractivity contribution in [3.63, 3.8) is 0 Å². The number of halogens is 1. The molecule has 0 atom stereocenters. The molecule has 48 heavy (non-hydrogen) atoms. The zero-order chi connectivity index (χ0) is 34.2. The number of aryl methyl sites for hydroxylation is 1. The van der Waals surface area contributed by atoms with E-state index in [2.05, 4.69) is 47.6 Å². The summed E-state index contributed by atoms with van der Waals surface area (Å²) in [7, 11) is 0. The number of rotatable bonds is 9. The van der Waals surface area contributed by atoms with Crippen LogP contribution in [0.15, 0.2) is 90.0 Å². The molecule has 1 aliphatic heterocycles. The van der Waals surface area contributed by atoms with E-state index in [1.807, 2.05) is 43.6 Å². The SMILES string of the molecule is CC(C)NC=O.CC1=CC=C(c2ccccc2)CC(COc2cc(F)c(-c3nc4cc(C(=O)O)ccc4n3N3CCCCC3)cc2C)=C1. The molecule has 1 amide bonds. The van der Waals surface area contributed by atoms with E-state index in [-0.39, 0.29) is 11.6 Å². The monoisotopic (exact) mass is 650 g/mol. The Kier molecular flexibility index (Phi) is 11.1. The van der Waals surface area contributed by atoms with Crippen molar-refractivity contribution in [3.05, 3.63) is 113 Å². The fraction of sp³-hybridized carbons (Fsp3) is 0.308. The molecule has 6 rings (SSSR count).